The summed E-state index contributed by atoms with van der Waals surface area (Å²) in [4.78, 5) is 26.1. The highest BCUT2D eigenvalue weighted by Crippen LogP contribution is 2.25. The van der Waals surface area contributed by atoms with Crippen LogP contribution in [0.3, 0.4) is 0 Å². The predicted molar refractivity (Wildman–Crippen MR) is 145 cm³/mol. The molecule has 5 aromatic rings. The molecule has 0 aliphatic rings. The summed E-state index contributed by atoms with van der Waals surface area (Å²) in [6, 6.07) is 23.0. The normalized spacial score (nSPS) is 11.8. The molecule has 7 nitrogen and oxygen atoms in total. The Bertz CT molecular complexity index is 1630. The molecule has 0 radical (unpaired) electrons. The van der Waals surface area contributed by atoms with E-state index >= 15 is 0 Å². The van der Waals surface area contributed by atoms with Gasteiger partial charge in [-0.25, -0.2) is 4.57 Å². The van der Waals surface area contributed by atoms with Gasteiger partial charge in [-0.1, -0.05) is 74.5 Å². The van der Waals surface area contributed by atoms with Gasteiger partial charge in [-0.15, -0.1) is 10.2 Å². The maximum Gasteiger partial charge on any atom is 0.267 e. The van der Waals surface area contributed by atoms with Gasteiger partial charge in [0.15, 0.2) is 5.16 Å². The van der Waals surface area contributed by atoms with Crippen LogP contribution in [0.4, 0.5) is 5.69 Å². The third-order valence-corrected chi connectivity index (χ3v) is 6.98. The number of benzene rings is 3. The third-order valence-electron chi connectivity index (χ3n) is 6.05. The monoisotopic (exact) mass is 497 g/mol. The highest BCUT2D eigenvalue weighted by atomic mass is 32.2. The minimum absolute atomic E-state index is 0.0509. The summed E-state index contributed by atoms with van der Waals surface area (Å²) in [5.74, 6) is 0.416. The van der Waals surface area contributed by atoms with E-state index in [4.69, 9.17) is 0 Å². The van der Waals surface area contributed by atoms with Crippen LogP contribution >= 0.6 is 11.8 Å². The van der Waals surface area contributed by atoms with E-state index in [1.165, 1.54) is 17.3 Å². The Balaban J connectivity index is 1.46. The Kier molecular flexibility index (Phi) is 6.14. The summed E-state index contributed by atoms with van der Waals surface area (Å²) in [5.41, 5.74) is 4.35. The largest absolute Gasteiger partial charge is 0.325 e. The molecule has 2 heterocycles. The van der Waals surface area contributed by atoms with Crippen molar-refractivity contribution in [3.8, 4) is 5.69 Å². The molecule has 0 unspecified atom stereocenters. The average molecular weight is 498 g/mol. The van der Waals surface area contributed by atoms with E-state index in [0.29, 0.717) is 27.5 Å². The van der Waals surface area contributed by atoms with Crippen molar-refractivity contribution in [1.82, 2.24) is 19.2 Å². The van der Waals surface area contributed by atoms with Crippen LogP contribution in [0, 0.1) is 6.92 Å². The van der Waals surface area contributed by atoms with Gasteiger partial charge in [0.05, 0.1) is 22.3 Å². The van der Waals surface area contributed by atoms with E-state index in [9.17, 15) is 9.59 Å². The lowest BCUT2D eigenvalue weighted by atomic mass is 9.87. The second-order valence-electron chi connectivity index (χ2n) is 9.78. The topological polar surface area (TPSA) is 81.3 Å². The quantitative estimate of drug-likeness (QED) is 0.330. The van der Waals surface area contributed by atoms with Gasteiger partial charge < -0.3 is 5.32 Å². The molecule has 0 aliphatic carbocycles. The molecule has 2 aromatic heterocycles. The Labute approximate surface area is 213 Å². The van der Waals surface area contributed by atoms with Crippen molar-refractivity contribution in [1.29, 1.82) is 0 Å². The second kappa shape index (κ2) is 9.28. The maximum atomic E-state index is 13.4. The number of hydrogen-bond donors (Lipinski definition) is 1. The molecule has 5 rings (SSSR count). The minimum atomic E-state index is -0.164. The molecule has 1 N–H and O–H groups in total. The fraction of sp³-hybridized carbons (Fsp3) is 0.214. The summed E-state index contributed by atoms with van der Waals surface area (Å²) >= 11 is 1.28. The smallest absolute Gasteiger partial charge is 0.267 e. The first-order valence-corrected chi connectivity index (χ1v) is 12.7. The molecule has 0 aliphatic heterocycles. The van der Waals surface area contributed by atoms with E-state index in [0.717, 1.165) is 11.3 Å². The summed E-state index contributed by atoms with van der Waals surface area (Å²) < 4.78 is 3.41. The highest BCUT2D eigenvalue weighted by molar-refractivity contribution is 7.99. The van der Waals surface area contributed by atoms with Crippen LogP contribution < -0.4 is 10.9 Å². The van der Waals surface area contributed by atoms with Crippen molar-refractivity contribution in [2.75, 3.05) is 11.1 Å². The molecule has 0 saturated carbocycles. The molecule has 0 bridgehead atoms. The molecule has 0 spiro atoms. The lowest BCUT2D eigenvalue weighted by molar-refractivity contribution is -0.113. The number of thioether (sulfide) groups is 1. The SMILES string of the molecule is Cc1ccc(-n2c(=O)c3ccccc3n3c(SCC(=O)Nc4ccc(C(C)(C)C)cc4)nnc23)cc1. The first kappa shape index (κ1) is 23.8. The molecule has 0 atom stereocenters. The number of carbonyl (C=O) groups is 1. The first-order valence-electron chi connectivity index (χ1n) is 11.7. The van der Waals surface area contributed by atoms with E-state index in [-0.39, 0.29) is 22.6 Å². The number of rotatable bonds is 5. The molecule has 36 heavy (non-hydrogen) atoms. The number of fused-ring (bicyclic) bond motifs is 3. The van der Waals surface area contributed by atoms with Gasteiger partial charge >= 0.3 is 0 Å². The van der Waals surface area contributed by atoms with Gasteiger partial charge in [0.25, 0.3) is 5.56 Å². The predicted octanol–water partition coefficient (Wildman–Crippen LogP) is 5.37. The molecule has 0 fully saturated rings. The average Bonchev–Trinajstić information content (AvgIpc) is 3.27. The number of aryl methyl sites for hydroxylation is 1. The van der Waals surface area contributed by atoms with Crippen LogP contribution in [0.1, 0.15) is 31.9 Å². The number of aromatic nitrogens is 4. The first-order chi connectivity index (χ1) is 17.2. The fourth-order valence-corrected chi connectivity index (χ4v) is 4.82. The Hall–Kier alpha value is -3.91. The molecule has 182 valence electrons. The number of anilines is 1. The van der Waals surface area contributed by atoms with Crippen LogP contribution in [0.25, 0.3) is 22.4 Å². The number of amides is 1. The van der Waals surface area contributed by atoms with Gasteiger partial charge in [0.1, 0.15) is 0 Å². The fourth-order valence-electron chi connectivity index (χ4n) is 4.08. The zero-order chi connectivity index (χ0) is 25.4. The van der Waals surface area contributed by atoms with E-state index in [1.807, 2.05) is 78.1 Å². The van der Waals surface area contributed by atoms with Crippen LogP contribution in [-0.4, -0.2) is 30.8 Å². The maximum absolute atomic E-state index is 13.4. The number of carbonyl (C=O) groups excluding carboxylic acids is 1. The van der Waals surface area contributed by atoms with Gasteiger partial charge in [-0.2, -0.15) is 0 Å². The number of nitrogens with one attached hydrogen (secondary N) is 1. The van der Waals surface area contributed by atoms with Crippen molar-refractivity contribution in [3.63, 3.8) is 0 Å². The molecule has 8 heteroatoms. The van der Waals surface area contributed by atoms with Crippen LogP contribution in [0.2, 0.25) is 0 Å². The zero-order valence-corrected chi connectivity index (χ0v) is 21.5. The van der Waals surface area contributed by atoms with Crippen LogP contribution in [-0.2, 0) is 10.2 Å². The summed E-state index contributed by atoms with van der Waals surface area (Å²) in [6.07, 6.45) is 0. The molecule has 0 saturated heterocycles. The van der Waals surface area contributed by atoms with Crippen LogP contribution in [0.15, 0.2) is 82.7 Å². The summed E-state index contributed by atoms with van der Waals surface area (Å²) in [7, 11) is 0. The lowest BCUT2D eigenvalue weighted by Crippen LogP contribution is -2.22. The summed E-state index contributed by atoms with van der Waals surface area (Å²) in [5, 5.41) is 12.7. The molecule has 3 aromatic carbocycles. The minimum Gasteiger partial charge on any atom is -0.325 e. The molecular weight excluding hydrogens is 470 g/mol. The summed E-state index contributed by atoms with van der Waals surface area (Å²) in [6.45, 7) is 8.46. The van der Waals surface area contributed by atoms with E-state index < -0.39 is 0 Å². The van der Waals surface area contributed by atoms with Crippen LogP contribution in [0.5, 0.6) is 0 Å². The van der Waals surface area contributed by atoms with E-state index in [2.05, 4.69) is 36.3 Å². The Morgan fingerprint density at radius 2 is 1.64 bits per heavy atom. The van der Waals surface area contributed by atoms with E-state index in [1.54, 1.807) is 10.6 Å². The lowest BCUT2D eigenvalue weighted by Gasteiger charge is -2.19. The number of hydrogen-bond acceptors (Lipinski definition) is 5. The number of nitrogens with zero attached hydrogens (tertiary/aromatic N) is 4. The Morgan fingerprint density at radius 1 is 0.944 bits per heavy atom. The van der Waals surface area contributed by atoms with Gasteiger partial charge in [-0.05, 0) is 54.3 Å². The van der Waals surface area contributed by atoms with Gasteiger partial charge in [0, 0.05) is 5.69 Å². The van der Waals surface area contributed by atoms with Crippen molar-refractivity contribution in [2.24, 2.45) is 0 Å². The van der Waals surface area contributed by atoms with Crippen molar-refractivity contribution in [2.45, 2.75) is 38.3 Å². The van der Waals surface area contributed by atoms with Gasteiger partial charge in [0.2, 0.25) is 11.7 Å². The third kappa shape index (κ3) is 4.52. The van der Waals surface area contributed by atoms with Crippen molar-refractivity contribution >= 4 is 40.0 Å². The van der Waals surface area contributed by atoms with Crippen molar-refractivity contribution < 1.29 is 4.79 Å². The highest BCUT2D eigenvalue weighted by Gasteiger charge is 2.19. The van der Waals surface area contributed by atoms with Gasteiger partial charge in [-0.3, -0.25) is 14.0 Å². The standard InChI is InChI=1S/C28H27N5O2S/c1-18-9-15-21(16-10-18)32-25(35)22-7-5-6-8-23(22)33-26(32)30-31-27(33)36-17-24(34)29-20-13-11-19(12-14-20)28(2,3)4/h5-16H,17H2,1-4H3,(H,29,34). The zero-order valence-electron chi connectivity index (χ0n) is 20.6. The molecular formula is C28H27N5O2S. The number of para-hydroxylation sites is 1. The molecule has 1 amide bonds. The second-order valence-corrected chi connectivity index (χ2v) is 10.7. The Morgan fingerprint density at radius 3 is 2.33 bits per heavy atom. The van der Waals surface area contributed by atoms with Crippen molar-refractivity contribution in [3.05, 3.63) is 94.3 Å².